The van der Waals surface area contributed by atoms with Crippen LogP contribution in [0.5, 0.6) is 0 Å². The minimum atomic E-state index is -0.204. The summed E-state index contributed by atoms with van der Waals surface area (Å²) in [4.78, 5) is 20.3. The van der Waals surface area contributed by atoms with Crippen LogP contribution >= 0.6 is 11.6 Å². The van der Waals surface area contributed by atoms with Crippen LogP contribution in [0.3, 0.4) is 0 Å². The van der Waals surface area contributed by atoms with E-state index in [0.717, 1.165) is 12.0 Å². The van der Waals surface area contributed by atoms with Crippen molar-refractivity contribution in [1.29, 1.82) is 0 Å². The molecule has 0 radical (unpaired) electrons. The zero-order valence-corrected chi connectivity index (χ0v) is 13.4. The highest BCUT2D eigenvalue weighted by molar-refractivity contribution is 6.30. The number of halogens is 1. The number of nitrogens with one attached hydrogen (secondary N) is 2. The van der Waals surface area contributed by atoms with Gasteiger partial charge in [-0.05, 0) is 31.0 Å². The number of nitrogens with zero attached hydrogens (tertiary/aromatic N) is 2. The molecule has 1 heterocycles. The molecule has 0 aliphatic rings. The average Bonchev–Trinajstić information content (AvgIpc) is 2.54. The summed E-state index contributed by atoms with van der Waals surface area (Å²) in [5, 5.41) is 6.65. The zero-order chi connectivity index (χ0) is 15.9. The summed E-state index contributed by atoms with van der Waals surface area (Å²) < 4.78 is 0. The molecule has 22 heavy (non-hydrogen) atoms. The Bertz CT molecular complexity index is 613. The molecule has 2 N–H and O–H groups in total. The van der Waals surface area contributed by atoms with E-state index in [-0.39, 0.29) is 5.91 Å². The maximum absolute atomic E-state index is 12.0. The third-order valence-electron chi connectivity index (χ3n) is 3.27. The molecule has 0 aliphatic heterocycles. The summed E-state index contributed by atoms with van der Waals surface area (Å²) in [5.41, 5.74) is 1.41. The number of amides is 1. The Hall–Kier alpha value is -2.14. The topological polar surface area (TPSA) is 66.9 Å². The van der Waals surface area contributed by atoms with Crippen molar-refractivity contribution in [3.05, 3.63) is 52.8 Å². The molecule has 116 valence electrons. The fraction of sp³-hybridized carbons (Fsp3) is 0.312. The van der Waals surface area contributed by atoms with Gasteiger partial charge in [-0.1, -0.05) is 30.7 Å². The number of aromatic nitrogens is 2. The monoisotopic (exact) mass is 318 g/mol. The standard InChI is InChI=1S/C16H19ClN4O/c1-3-11(2)21-16-19-9-13(10-20-16)15(22)18-8-12-4-6-14(17)7-5-12/h4-7,9-11H,3,8H2,1-2H3,(H,18,22)(H,19,20,21). The second-order valence-electron chi connectivity index (χ2n) is 5.06. The summed E-state index contributed by atoms with van der Waals surface area (Å²) in [6.45, 7) is 4.56. The molecule has 5 nitrogen and oxygen atoms in total. The molecule has 0 fully saturated rings. The first kappa shape index (κ1) is 16.2. The van der Waals surface area contributed by atoms with Crippen LogP contribution in [0.1, 0.15) is 36.2 Å². The quantitative estimate of drug-likeness (QED) is 0.858. The summed E-state index contributed by atoms with van der Waals surface area (Å²) >= 11 is 5.82. The van der Waals surface area contributed by atoms with Gasteiger partial charge in [0.2, 0.25) is 5.95 Å². The lowest BCUT2D eigenvalue weighted by atomic mass is 10.2. The Labute approximate surface area is 135 Å². The van der Waals surface area contributed by atoms with Crippen molar-refractivity contribution in [2.45, 2.75) is 32.9 Å². The fourth-order valence-corrected chi connectivity index (χ4v) is 1.85. The van der Waals surface area contributed by atoms with Crippen LogP contribution in [0.15, 0.2) is 36.7 Å². The number of anilines is 1. The number of carbonyl (C=O) groups excluding carboxylic acids is 1. The van der Waals surface area contributed by atoms with Gasteiger partial charge in [0.25, 0.3) is 5.91 Å². The summed E-state index contributed by atoms with van der Waals surface area (Å²) in [5.74, 6) is 0.327. The van der Waals surface area contributed by atoms with E-state index in [9.17, 15) is 4.79 Å². The maximum Gasteiger partial charge on any atom is 0.254 e. The zero-order valence-electron chi connectivity index (χ0n) is 12.6. The average molecular weight is 319 g/mol. The van der Waals surface area contributed by atoms with Crippen molar-refractivity contribution in [1.82, 2.24) is 15.3 Å². The molecule has 1 unspecified atom stereocenters. The van der Waals surface area contributed by atoms with Gasteiger partial charge in [-0.15, -0.1) is 0 Å². The van der Waals surface area contributed by atoms with Gasteiger partial charge in [-0.3, -0.25) is 4.79 Å². The van der Waals surface area contributed by atoms with Crippen molar-refractivity contribution in [3.8, 4) is 0 Å². The Morgan fingerprint density at radius 1 is 1.23 bits per heavy atom. The molecule has 6 heteroatoms. The number of hydrogen-bond donors (Lipinski definition) is 2. The first-order valence-electron chi connectivity index (χ1n) is 7.19. The summed E-state index contributed by atoms with van der Waals surface area (Å²) in [7, 11) is 0. The van der Waals surface area contributed by atoms with Gasteiger partial charge in [-0.2, -0.15) is 0 Å². The molecular weight excluding hydrogens is 300 g/mol. The van der Waals surface area contributed by atoms with E-state index in [0.29, 0.717) is 29.1 Å². The minimum Gasteiger partial charge on any atom is -0.352 e. The highest BCUT2D eigenvalue weighted by Gasteiger charge is 2.08. The third-order valence-corrected chi connectivity index (χ3v) is 3.52. The Morgan fingerprint density at radius 3 is 2.45 bits per heavy atom. The number of carbonyl (C=O) groups is 1. The Kier molecular flexibility index (Phi) is 5.72. The normalized spacial score (nSPS) is 11.8. The molecule has 0 aliphatic carbocycles. The van der Waals surface area contributed by atoms with Crippen LogP contribution in [-0.4, -0.2) is 21.9 Å². The minimum absolute atomic E-state index is 0.204. The summed E-state index contributed by atoms with van der Waals surface area (Å²) in [6.07, 6.45) is 4.02. The molecule has 0 saturated carbocycles. The smallest absolute Gasteiger partial charge is 0.254 e. The van der Waals surface area contributed by atoms with Gasteiger partial charge in [0.05, 0.1) is 5.56 Å². The lowest BCUT2D eigenvalue weighted by Gasteiger charge is -2.11. The fourth-order valence-electron chi connectivity index (χ4n) is 1.73. The largest absolute Gasteiger partial charge is 0.352 e. The predicted octanol–water partition coefficient (Wildman–Crippen LogP) is 3.27. The SMILES string of the molecule is CCC(C)Nc1ncc(C(=O)NCc2ccc(Cl)cc2)cn1. The molecule has 0 bridgehead atoms. The number of hydrogen-bond acceptors (Lipinski definition) is 4. The number of rotatable bonds is 6. The first-order chi connectivity index (χ1) is 10.6. The van der Waals surface area contributed by atoms with E-state index in [1.165, 1.54) is 12.4 Å². The van der Waals surface area contributed by atoms with Crippen LogP contribution in [0.2, 0.25) is 5.02 Å². The number of benzene rings is 1. The lowest BCUT2D eigenvalue weighted by molar-refractivity contribution is 0.0950. The van der Waals surface area contributed by atoms with Crippen LogP contribution in [0.25, 0.3) is 0 Å². The van der Waals surface area contributed by atoms with Crippen LogP contribution in [0.4, 0.5) is 5.95 Å². The van der Waals surface area contributed by atoms with Crippen LogP contribution in [-0.2, 0) is 6.54 Å². The molecule has 0 spiro atoms. The molecule has 1 aromatic carbocycles. The van der Waals surface area contributed by atoms with Crippen molar-refractivity contribution < 1.29 is 4.79 Å². The lowest BCUT2D eigenvalue weighted by Crippen LogP contribution is -2.23. The van der Waals surface area contributed by atoms with Gasteiger partial charge in [-0.25, -0.2) is 9.97 Å². The summed E-state index contributed by atoms with van der Waals surface area (Å²) in [6, 6.07) is 7.63. The van der Waals surface area contributed by atoms with E-state index < -0.39 is 0 Å². The maximum atomic E-state index is 12.0. The van der Waals surface area contributed by atoms with Crippen molar-refractivity contribution in [3.63, 3.8) is 0 Å². The predicted molar refractivity (Wildman–Crippen MR) is 88.0 cm³/mol. The molecular formula is C16H19ClN4O. The molecule has 2 aromatic rings. The van der Waals surface area contributed by atoms with E-state index in [2.05, 4.69) is 34.4 Å². The van der Waals surface area contributed by atoms with E-state index in [1.54, 1.807) is 12.1 Å². The van der Waals surface area contributed by atoms with Crippen molar-refractivity contribution in [2.75, 3.05) is 5.32 Å². The van der Waals surface area contributed by atoms with Crippen molar-refractivity contribution in [2.24, 2.45) is 0 Å². The third kappa shape index (κ3) is 4.70. The Balaban J connectivity index is 1.90. The highest BCUT2D eigenvalue weighted by atomic mass is 35.5. The van der Waals surface area contributed by atoms with Crippen molar-refractivity contribution >= 4 is 23.5 Å². The van der Waals surface area contributed by atoms with E-state index >= 15 is 0 Å². The van der Waals surface area contributed by atoms with Crippen LogP contribution in [0, 0.1) is 0 Å². The van der Waals surface area contributed by atoms with E-state index in [1.807, 2.05) is 12.1 Å². The first-order valence-corrected chi connectivity index (χ1v) is 7.57. The van der Waals surface area contributed by atoms with Gasteiger partial charge < -0.3 is 10.6 Å². The van der Waals surface area contributed by atoms with Gasteiger partial charge in [0.1, 0.15) is 0 Å². The molecule has 2 rings (SSSR count). The highest BCUT2D eigenvalue weighted by Crippen LogP contribution is 2.09. The van der Waals surface area contributed by atoms with Crippen LogP contribution < -0.4 is 10.6 Å². The molecule has 1 atom stereocenters. The second-order valence-corrected chi connectivity index (χ2v) is 5.49. The van der Waals surface area contributed by atoms with E-state index in [4.69, 9.17) is 11.6 Å². The van der Waals surface area contributed by atoms with Gasteiger partial charge in [0.15, 0.2) is 0 Å². The molecule has 1 aromatic heterocycles. The second kappa shape index (κ2) is 7.75. The molecule has 1 amide bonds. The Morgan fingerprint density at radius 2 is 1.86 bits per heavy atom. The molecule has 0 saturated heterocycles. The van der Waals surface area contributed by atoms with Gasteiger partial charge in [0, 0.05) is 30.0 Å². The van der Waals surface area contributed by atoms with Gasteiger partial charge >= 0.3 is 0 Å².